The highest BCUT2D eigenvalue weighted by Crippen LogP contribution is 2.29. The Hall–Kier alpha value is -3.74. The monoisotopic (exact) mass is 476 g/mol. The van der Waals surface area contributed by atoms with E-state index in [1.54, 1.807) is 36.5 Å². The zero-order chi connectivity index (χ0) is 24.1. The number of pyridine rings is 1. The summed E-state index contributed by atoms with van der Waals surface area (Å²) in [5, 5.41) is 12.2. The highest BCUT2D eigenvalue weighted by atomic mass is 32.2. The molecule has 1 aliphatic heterocycles. The molecule has 4 rings (SSSR count). The van der Waals surface area contributed by atoms with E-state index in [4.69, 9.17) is 4.74 Å². The predicted octanol–water partition coefficient (Wildman–Crippen LogP) is 3.46. The van der Waals surface area contributed by atoms with E-state index < -0.39 is 15.9 Å². The smallest absolute Gasteiger partial charge is 0.246 e. The number of anilines is 1. The van der Waals surface area contributed by atoms with Gasteiger partial charge in [-0.25, -0.2) is 13.4 Å². The Bertz CT molecular complexity index is 1320. The van der Waals surface area contributed by atoms with Crippen LogP contribution in [0.4, 0.5) is 5.69 Å². The van der Waals surface area contributed by atoms with Crippen LogP contribution in [0.1, 0.15) is 22.7 Å². The van der Waals surface area contributed by atoms with Gasteiger partial charge in [0.1, 0.15) is 23.4 Å². The van der Waals surface area contributed by atoms with Gasteiger partial charge in [0.15, 0.2) is 9.84 Å². The summed E-state index contributed by atoms with van der Waals surface area (Å²) >= 11 is 0. The highest BCUT2D eigenvalue weighted by Gasteiger charge is 2.32. The van der Waals surface area contributed by atoms with Crippen molar-refractivity contribution in [1.29, 1.82) is 5.26 Å². The van der Waals surface area contributed by atoms with Crippen LogP contribution in [0.5, 0.6) is 11.6 Å². The standard InChI is InChI=1S/C25H24N4O4S/c1-18-16-21(33-25-20(17-26)8-5-11-27-25)9-10-22(18)28-24(30)23(19-6-3-2-4-7-19)29-12-14-34(31,32)15-13-29/h2-11,16,23H,12-15H2,1H3,(H,28,30). The van der Waals surface area contributed by atoms with Crippen LogP contribution in [-0.4, -0.2) is 48.8 Å². The Balaban J connectivity index is 1.54. The van der Waals surface area contributed by atoms with E-state index in [0.717, 1.165) is 11.1 Å². The molecule has 1 saturated heterocycles. The lowest BCUT2D eigenvalue weighted by atomic mass is 10.0. The van der Waals surface area contributed by atoms with Gasteiger partial charge in [0.05, 0.1) is 11.5 Å². The molecule has 8 nitrogen and oxygen atoms in total. The Morgan fingerprint density at radius 1 is 1.12 bits per heavy atom. The molecule has 1 fully saturated rings. The average Bonchev–Trinajstić information content (AvgIpc) is 2.83. The maximum Gasteiger partial charge on any atom is 0.246 e. The van der Waals surface area contributed by atoms with Crippen LogP contribution >= 0.6 is 0 Å². The Morgan fingerprint density at radius 2 is 1.85 bits per heavy atom. The fraction of sp³-hybridized carbons (Fsp3) is 0.240. The minimum Gasteiger partial charge on any atom is -0.438 e. The fourth-order valence-corrected chi connectivity index (χ4v) is 5.09. The van der Waals surface area contributed by atoms with Crippen molar-refractivity contribution in [2.45, 2.75) is 13.0 Å². The van der Waals surface area contributed by atoms with Crippen LogP contribution in [0.25, 0.3) is 0 Å². The third-order valence-electron chi connectivity index (χ3n) is 5.67. The molecule has 1 atom stereocenters. The number of amides is 1. The number of hydrogen-bond donors (Lipinski definition) is 1. The number of aryl methyl sites for hydroxylation is 1. The molecule has 1 unspecified atom stereocenters. The summed E-state index contributed by atoms with van der Waals surface area (Å²) in [6.45, 7) is 2.44. The predicted molar refractivity (Wildman–Crippen MR) is 128 cm³/mol. The van der Waals surface area contributed by atoms with Crippen molar-refractivity contribution in [1.82, 2.24) is 9.88 Å². The van der Waals surface area contributed by atoms with Gasteiger partial charge < -0.3 is 10.1 Å². The summed E-state index contributed by atoms with van der Waals surface area (Å²) < 4.78 is 29.6. The maximum absolute atomic E-state index is 13.4. The van der Waals surface area contributed by atoms with Gasteiger partial charge in [0.25, 0.3) is 0 Å². The molecule has 0 radical (unpaired) electrons. The largest absolute Gasteiger partial charge is 0.438 e. The second-order valence-electron chi connectivity index (χ2n) is 8.04. The Kier molecular flexibility index (Phi) is 6.91. The minimum atomic E-state index is -3.07. The van der Waals surface area contributed by atoms with E-state index in [-0.39, 0.29) is 23.3 Å². The van der Waals surface area contributed by atoms with Crippen molar-refractivity contribution >= 4 is 21.4 Å². The number of nitrogens with zero attached hydrogens (tertiary/aromatic N) is 3. The van der Waals surface area contributed by atoms with Crippen LogP contribution in [0, 0.1) is 18.3 Å². The maximum atomic E-state index is 13.4. The topological polar surface area (TPSA) is 112 Å². The van der Waals surface area contributed by atoms with Crippen LogP contribution in [-0.2, 0) is 14.6 Å². The first-order valence-electron chi connectivity index (χ1n) is 10.8. The van der Waals surface area contributed by atoms with E-state index in [2.05, 4.69) is 10.3 Å². The molecule has 9 heteroatoms. The molecule has 2 heterocycles. The second-order valence-corrected chi connectivity index (χ2v) is 10.3. The van der Waals surface area contributed by atoms with Gasteiger partial charge in [-0.05, 0) is 48.4 Å². The lowest BCUT2D eigenvalue weighted by Gasteiger charge is -2.33. The number of carbonyl (C=O) groups excluding carboxylic acids is 1. The van der Waals surface area contributed by atoms with Crippen LogP contribution in [0.2, 0.25) is 0 Å². The third kappa shape index (κ3) is 5.42. The van der Waals surface area contributed by atoms with Crippen LogP contribution in [0.15, 0.2) is 66.9 Å². The zero-order valence-corrected chi connectivity index (χ0v) is 19.5. The van der Waals surface area contributed by atoms with Crippen molar-refractivity contribution < 1.29 is 17.9 Å². The Labute approximate surface area is 198 Å². The van der Waals surface area contributed by atoms with Crippen molar-refractivity contribution in [3.8, 4) is 17.7 Å². The molecule has 174 valence electrons. The van der Waals surface area contributed by atoms with Gasteiger partial charge in [-0.3, -0.25) is 9.69 Å². The normalized spacial score (nSPS) is 16.2. The molecular weight excluding hydrogens is 452 g/mol. The molecule has 2 aromatic carbocycles. The van der Waals surface area contributed by atoms with Gasteiger partial charge in [-0.2, -0.15) is 5.26 Å². The lowest BCUT2D eigenvalue weighted by Crippen LogP contribution is -2.46. The number of nitrogens with one attached hydrogen (secondary N) is 1. The van der Waals surface area contributed by atoms with E-state index in [0.29, 0.717) is 30.1 Å². The molecule has 34 heavy (non-hydrogen) atoms. The number of aromatic nitrogens is 1. The summed E-state index contributed by atoms with van der Waals surface area (Å²) in [5.74, 6) is 0.537. The summed E-state index contributed by atoms with van der Waals surface area (Å²) in [7, 11) is -3.07. The number of benzene rings is 2. The van der Waals surface area contributed by atoms with Crippen molar-refractivity contribution in [3.05, 3.63) is 83.6 Å². The van der Waals surface area contributed by atoms with Crippen molar-refractivity contribution in [3.63, 3.8) is 0 Å². The number of hydrogen-bond acceptors (Lipinski definition) is 7. The van der Waals surface area contributed by atoms with E-state index in [1.807, 2.05) is 48.2 Å². The molecule has 1 amide bonds. The molecular formula is C25H24N4O4S. The second kappa shape index (κ2) is 10.0. The van der Waals surface area contributed by atoms with Crippen LogP contribution < -0.4 is 10.1 Å². The SMILES string of the molecule is Cc1cc(Oc2ncccc2C#N)ccc1NC(=O)C(c1ccccc1)N1CCS(=O)(=O)CC1. The third-order valence-corrected chi connectivity index (χ3v) is 7.28. The van der Waals surface area contributed by atoms with E-state index in [9.17, 15) is 18.5 Å². The summed E-state index contributed by atoms with van der Waals surface area (Å²) in [6, 6.07) is 19.3. The van der Waals surface area contributed by atoms with E-state index in [1.165, 1.54) is 0 Å². The molecule has 1 N–H and O–H groups in total. The first kappa shape index (κ1) is 23.4. The van der Waals surface area contributed by atoms with E-state index >= 15 is 0 Å². The first-order chi connectivity index (χ1) is 16.4. The van der Waals surface area contributed by atoms with Crippen molar-refractivity contribution in [2.75, 3.05) is 29.9 Å². The first-order valence-corrected chi connectivity index (χ1v) is 12.6. The number of carbonyl (C=O) groups is 1. The summed E-state index contributed by atoms with van der Waals surface area (Å²) in [5.41, 5.74) is 2.51. The average molecular weight is 477 g/mol. The van der Waals surface area contributed by atoms with Gasteiger partial charge in [-0.15, -0.1) is 0 Å². The molecule has 0 spiro atoms. The van der Waals surface area contributed by atoms with Gasteiger partial charge in [0.2, 0.25) is 11.8 Å². The molecule has 1 aliphatic rings. The van der Waals surface area contributed by atoms with Gasteiger partial charge >= 0.3 is 0 Å². The number of sulfone groups is 1. The van der Waals surface area contributed by atoms with Gasteiger partial charge in [-0.1, -0.05) is 30.3 Å². The number of ether oxygens (including phenoxy) is 1. The van der Waals surface area contributed by atoms with Gasteiger partial charge in [0, 0.05) is 25.0 Å². The molecule has 1 aromatic heterocycles. The Morgan fingerprint density at radius 3 is 2.53 bits per heavy atom. The molecule has 3 aromatic rings. The molecule has 0 aliphatic carbocycles. The quantitative estimate of drug-likeness (QED) is 0.580. The zero-order valence-electron chi connectivity index (χ0n) is 18.6. The summed E-state index contributed by atoms with van der Waals surface area (Å²) in [4.78, 5) is 19.4. The minimum absolute atomic E-state index is 0.0346. The molecule has 0 bridgehead atoms. The lowest BCUT2D eigenvalue weighted by molar-refractivity contribution is -0.121. The van der Waals surface area contributed by atoms with Crippen LogP contribution in [0.3, 0.4) is 0 Å². The van der Waals surface area contributed by atoms with Crippen molar-refractivity contribution in [2.24, 2.45) is 0 Å². The fourth-order valence-electron chi connectivity index (χ4n) is 3.86. The summed E-state index contributed by atoms with van der Waals surface area (Å²) in [6.07, 6.45) is 1.55. The number of rotatable bonds is 6. The number of nitriles is 1. The molecule has 0 saturated carbocycles. The highest BCUT2D eigenvalue weighted by molar-refractivity contribution is 7.91.